The Balaban J connectivity index is 2.28. The normalized spacial score (nSPS) is 10.2. The molecule has 0 atom stereocenters. The van der Waals surface area contributed by atoms with Gasteiger partial charge in [0.15, 0.2) is 0 Å². The Bertz CT molecular complexity index is 605. The quantitative estimate of drug-likeness (QED) is 0.881. The summed E-state index contributed by atoms with van der Waals surface area (Å²) < 4.78 is 0. The Morgan fingerprint density at radius 3 is 2.63 bits per heavy atom. The van der Waals surface area contributed by atoms with Gasteiger partial charge in [0, 0.05) is 16.8 Å². The number of carbonyl (C=O) groups is 1. The summed E-state index contributed by atoms with van der Waals surface area (Å²) in [5.41, 5.74) is 2.99. The second-order valence-electron chi connectivity index (χ2n) is 4.41. The number of anilines is 1. The number of aromatic hydroxyl groups is 1. The number of hydrogen-bond donors (Lipinski definition) is 2. The molecule has 0 unspecified atom stereocenters. The van der Waals surface area contributed by atoms with E-state index in [1.807, 2.05) is 31.2 Å². The molecule has 2 aromatic rings. The first kappa shape index (κ1) is 13.1. The second-order valence-corrected chi connectivity index (χ2v) is 4.41. The van der Waals surface area contributed by atoms with E-state index in [0.717, 1.165) is 17.7 Å². The molecular weight excluding hydrogens is 238 g/mol. The lowest BCUT2D eigenvalue weighted by molar-refractivity contribution is 0.102. The van der Waals surface area contributed by atoms with Crippen LogP contribution in [0.1, 0.15) is 28.4 Å². The van der Waals surface area contributed by atoms with Crippen LogP contribution >= 0.6 is 0 Å². The first-order valence-electron chi connectivity index (χ1n) is 6.31. The molecule has 3 nitrogen and oxygen atoms in total. The van der Waals surface area contributed by atoms with Crippen LogP contribution in [0.2, 0.25) is 0 Å². The Labute approximate surface area is 112 Å². The van der Waals surface area contributed by atoms with E-state index in [9.17, 15) is 9.90 Å². The summed E-state index contributed by atoms with van der Waals surface area (Å²) in [4.78, 5) is 12.2. The van der Waals surface area contributed by atoms with E-state index in [1.165, 1.54) is 0 Å². The lowest BCUT2D eigenvalue weighted by atomic mass is 10.1. The molecule has 0 spiro atoms. The van der Waals surface area contributed by atoms with Crippen molar-refractivity contribution >= 4 is 11.6 Å². The summed E-state index contributed by atoms with van der Waals surface area (Å²) in [5.74, 6) is -0.0641. The van der Waals surface area contributed by atoms with Crippen molar-refractivity contribution in [3.63, 3.8) is 0 Å². The molecule has 19 heavy (non-hydrogen) atoms. The molecule has 2 N–H and O–H groups in total. The molecule has 0 saturated carbocycles. The van der Waals surface area contributed by atoms with Crippen LogP contribution in [-0.4, -0.2) is 11.0 Å². The van der Waals surface area contributed by atoms with E-state index < -0.39 is 0 Å². The van der Waals surface area contributed by atoms with Crippen LogP contribution < -0.4 is 5.32 Å². The van der Waals surface area contributed by atoms with Crippen molar-refractivity contribution in [3.8, 4) is 5.75 Å². The van der Waals surface area contributed by atoms with Crippen molar-refractivity contribution in [3.05, 3.63) is 59.2 Å². The zero-order chi connectivity index (χ0) is 13.8. The highest BCUT2D eigenvalue weighted by Crippen LogP contribution is 2.22. The third kappa shape index (κ3) is 2.76. The van der Waals surface area contributed by atoms with E-state index in [-0.39, 0.29) is 11.7 Å². The average Bonchev–Trinajstić information content (AvgIpc) is 2.42. The molecule has 2 rings (SSSR count). The van der Waals surface area contributed by atoms with Gasteiger partial charge in [0.25, 0.3) is 5.91 Å². The zero-order valence-corrected chi connectivity index (χ0v) is 11.1. The predicted octanol–water partition coefficient (Wildman–Crippen LogP) is 3.52. The Hall–Kier alpha value is -2.29. The topological polar surface area (TPSA) is 49.3 Å². The van der Waals surface area contributed by atoms with E-state index >= 15 is 0 Å². The summed E-state index contributed by atoms with van der Waals surface area (Å²) in [6.07, 6.45) is 0.857. The number of phenols is 1. The van der Waals surface area contributed by atoms with Crippen molar-refractivity contribution in [1.82, 2.24) is 0 Å². The monoisotopic (exact) mass is 255 g/mol. The van der Waals surface area contributed by atoms with Crippen molar-refractivity contribution in [2.24, 2.45) is 0 Å². The van der Waals surface area contributed by atoms with Gasteiger partial charge in [0.2, 0.25) is 0 Å². The number of carbonyl (C=O) groups excluding carboxylic acids is 1. The van der Waals surface area contributed by atoms with Crippen molar-refractivity contribution in [2.75, 3.05) is 5.32 Å². The molecule has 98 valence electrons. The van der Waals surface area contributed by atoms with Gasteiger partial charge in [-0.2, -0.15) is 0 Å². The molecule has 0 aliphatic carbocycles. The summed E-state index contributed by atoms with van der Waals surface area (Å²) in [6, 6.07) is 12.7. The Morgan fingerprint density at radius 2 is 1.89 bits per heavy atom. The molecule has 0 radical (unpaired) electrons. The number of nitrogens with one attached hydrogen (secondary N) is 1. The first-order chi connectivity index (χ1) is 9.13. The standard InChI is InChI=1S/C16H17NO2/c1-3-12-7-4-5-9-14(12)17-16(19)13-8-6-10-15(18)11(13)2/h4-10,18H,3H2,1-2H3,(H,17,19). The fourth-order valence-corrected chi connectivity index (χ4v) is 2.01. The fraction of sp³-hybridized carbons (Fsp3) is 0.188. The maximum absolute atomic E-state index is 12.2. The molecule has 0 bridgehead atoms. The van der Waals surface area contributed by atoms with E-state index in [1.54, 1.807) is 25.1 Å². The molecular formula is C16H17NO2. The van der Waals surface area contributed by atoms with Crippen LogP contribution in [0.4, 0.5) is 5.69 Å². The van der Waals surface area contributed by atoms with Gasteiger partial charge in [-0.15, -0.1) is 0 Å². The molecule has 2 aromatic carbocycles. The molecule has 1 amide bonds. The number of hydrogen-bond acceptors (Lipinski definition) is 2. The minimum absolute atomic E-state index is 0.136. The highest BCUT2D eigenvalue weighted by Gasteiger charge is 2.12. The van der Waals surface area contributed by atoms with Crippen molar-refractivity contribution < 1.29 is 9.90 Å². The number of para-hydroxylation sites is 1. The first-order valence-corrected chi connectivity index (χ1v) is 6.31. The fourth-order valence-electron chi connectivity index (χ4n) is 2.01. The van der Waals surface area contributed by atoms with Gasteiger partial charge in [-0.3, -0.25) is 4.79 Å². The van der Waals surface area contributed by atoms with Gasteiger partial charge >= 0.3 is 0 Å². The van der Waals surface area contributed by atoms with Gasteiger partial charge in [0.1, 0.15) is 5.75 Å². The second kappa shape index (κ2) is 5.57. The molecule has 0 aliphatic rings. The lowest BCUT2D eigenvalue weighted by Crippen LogP contribution is -2.14. The summed E-state index contributed by atoms with van der Waals surface area (Å²) >= 11 is 0. The lowest BCUT2D eigenvalue weighted by Gasteiger charge is -2.11. The number of phenolic OH excluding ortho intramolecular Hbond substituents is 1. The minimum atomic E-state index is -0.200. The third-order valence-electron chi connectivity index (χ3n) is 3.20. The number of aryl methyl sites for hydroxylation is 1. The van der Waals surface area contributed by atoms with E-state index in [4.69, 9.17) is 0 Å². The highest BCUT2D eigenvalue weighted by molar-refractivity contribution is 6.06. The molecule has 0 aliphatic heterocycles. The SMILES string of the molecule is CCc1ccccc1NC(=O)c1cccc(O)c1C. The third-order valence-corrected chi connectivity index (χ3v) is 3.20. The summed E-state index contributed by atoms with van der Waals surface area (Å²) in [5, 5.41) is 12.5. The number of amides is 1. The highest BCUT2D eigenvalue weighted by atomic mass is 16.3. The Kier molecular flexibility index (Phi) is 3.85. The maximum Gasteiger partial charge on any atom is 0.256 e. The number of benzene rings is 2. The largest absolute Gasteiger partial charge is 0.508 e. The zero-order valence-electron chi connectivity index (χ0n) is 11.1. The molecule has 3 heteroatoms. The van der Waals surface area contributed by atoms with Crippen LogP contribution in [0.15, 0.2) is 42.5 Å². The minimum Gasteiger partial charge on any atom is -0.508 e. The van der Waals surface area contributed by atoms with Gasteiger partial charge in [-0.05, 0) is 37.1 Å². The van der Waals surface area contributed by atoms with Gasteiger partial charge in [-0.1, -0.05) is 31.2 Å². The number of rotatable bonds is 3. The van der Waals surface area contributed by atoms with Crippen LogP contribution in [0.25, 0.3) is 0 Å². The van der Waals surface area contributed by atoms with E-state index in [0.29, 0.717) is 11.1 Å². The molecule has 0 heterocycles. The summed E-state index contributed by atoms with van der Waals surface area (Å²) in [7, 11) is 0. The van der Waals surface area contributed by atoms with Crippen LogP contribution in [-0.2, 0) is 6.42 Å². The molecule has 0 saturated heterocycles. The smallest absolute Gasteiger partial charge is 0.256 e. The van der Waals surface area contributed by atoms with Gasteiger partial charge in [0.05, 0.1) is 0 Å². The molecule has 0 aromatic heterocycles. The van der Waals surface area contributed by atoms with Gasteiger partial charge < -0.3 is 10.4 Å². The van der Waals surface area contributed by atoms with Crippen molar-refractivity contribution in [2.45, 2.75) is 20.3 Å². The average molecular weight is 255 g/mol. The molecule has 0 fully saturated rings. The Morgan fingerprint density at radius 1 is 1.16 bits per heavy atom. The van der Waals surface area contributed by atoms with Crippen LogP contribution in [0, 0.1) is 6.92 Å². The van der Waals surface area contributed by atoms with E-state index in [2.05, 4.69) is 5.32 Å². The maximum atomic E-state index is 12.2. The van der Waals surface area contributed by atoms with Gasteiger partial charge in [-0.25, -0.2) is 0 Å². The predicted molar refractivity (Wildman–Crippen MR) is 76.6 cm³/mol. The summed E-state index contributed by atoms with van der Waals surface area (Å²) in [6.45, 7) is 3.78. The van der Waals surface area contributed by atoms with Crippen LogP contribution in [0.5, 0.6) is 5.75 Å². The van der Waals surface area contributed by atoms with Crippen molar-refractivity contribution in [1.29, 1.82) is 0 Å². The van der Waals surface area contributed by atoms with Crippen LogP contribution in [0.3, 0.4) is 0 Å².